The first-order valence-corrected chi connectivity index (χ1v) is 6.50. The maximum Gasteiger partial charge on any atom is 0.285 e. The van der Waals surface area contributed by atoms with Crippen LogP contribution in [0.4, 0.5) is 4.39 Å². The summed E-state index contributed by atoms with van der Waals surface area (Å²) in [6.45, 7) is 1.29. The smallest absolute Gasteiger partial charge is 0.274 e. The van der Waals surface area contributed by atoms with Crippen LogP contribution >= 0.6 is 24.0 Å². The molecule has 7 heteroatoms. The number of benzene rings is 1. The number of hydrogen-bond donors (Lipinski definition) is 1. The van der Waals surface area contributed by atoms with Crippen molar-refractivity contribution in [1.29, 1.82) is 0 Å². The lowest BCUT2D eigenvalue weighted by Crippen LogP contribution is -2.43. The molecule has 0 saturated carbocycles. The fourth-order valence-corrected chi connectivity index (χ4v) is 2.61. The summed E-state index contributed by atoms with van der Waals surface area (Å²) in [5.41, 5.74) is 3.03. The van der Waals surface area contributed by atoms with E-state index in [1.165, 1.54) is 19.1 Å². The summed E-state index contributed by atoms with van der Waals surface area (Å²) >= 11 is 6.09. The molecule has 2 amide bonds. The predicted molar refractivity (Wildman–Crippen MR) is 75.2 cm³/mol. The van der Waals surface area contributed by atoms with Gasteiger partial charge in [0, 0.05) is 6.92 Å². The van der Waals surface area contributed by atoms with Crippen molar-refractivity contribution in [3.8, 4) is 0 Å². The third kappa shape index (κ3) is 3.18. The Morgan fingerprint density at radius 2 is 2.05 bits per heavy atom. The van der Waals surface area contributed by atoms with E-state index in [0.717, 1.165) is 16.8 Å². The molecule has 0 bridgehead atoms. The molecule has 0 aromatic heterocycles. The van der Waals surface area contributed by atoms with Crippen LogP contribution in [0.15, 0.2) is 29.2 Å². The second-order valence-corrected chi connectivity index (χ2v) is 5.41. The minimum absolute atomic E-state index is 0.258. The van der Waals surface area contributed by atoms with Crippen LogP contribution in [0.3, 0.4) is 0 Å². The van der Waals surface area contributed by atoms with Crippen molar-refractivity contribution in [2.24, 2.45) is 0 Å². The molecular weight excluding hydrogens is 287 g/mol. The molecule has 4 nitrogen and oxygen atoms in total. The number of nitrogens with one attached hydrogen (secondary N) is 1. The Kier molecular flexibility index (Phi) is 3.96. The molecule has 1 aromatic carbocycles. The molecule has 0 spiro atoms. The van der Waals surface area contributed by atoms with Gasteiger partial charge in [0.1, 0.15) is 5.82 Å². The highest BCUT2D eigenvalue weighted by Gasteiger charge is 2.32. The zero-order valence-electron chi connectivity index (χ0n) is 9.84. The van der Waals surface area contributed by atoms with Gasteiger partial charge in [-0.25, -0.2) is 4.39 Å². The molecule has 2 rings (SSSR count). The third-order valence-corrected chi connectivity index (χ3v) is 3.53. The van der Waals surface area contributed by atoms with Crippen LogP contribution in [0.1, 0.15) is 12.5 Å². The lowest BCUT2D eigenvalue weighted by molar-refractivity contribution is -0.131. The second-order valence-electron chi connectivity index (χ2n) is 3.74. The van der Waals surface area contributed by atoms with E-state index in [2.05, 4.69) is 5.43 Å². The first-order chi connectivity index (χ1) is 8.97. The number of hydrazine groups is 1. The molecule has 1 N–H and O–H groups in total. The predicted octanol–water partition coefficient (Wildman–Crippen LogP) is 2.08. The molecule has 0 atom stereocenters. The van der Waals surface area contributed by atoms with Gasteiger partial charge in [0.25, 0.3) is 5.91 Å². The zero-order valence-corrected chi connectivity index (χ0v) is 11.5. The van der Waals surface area contributed by atoms with Crippen molar-refractivity contribution in [1.82, 2.24) is 10.4 Å². The summed E-state index contributed by atoms with van der Waals surface area (Å²) in [6, 6.07) is 5.72. The van der Waals surface area contributed by atoms with Gasteiger partial charge in [-0.15, -0.1) is 0 Å². The number of rotatable bonds is 2. The highest BCUT2D eigenvalue weighted by atomic mass is 32.2. The lowest BCUT2D eigenvalue weighted by Gasteiger charge is -2.13. The lowest BCUT2D eigenvalue weighted by atomic mass is 10.2. The standard InChI is InChI=1S/C12H9FN2O2S2/c1-7(16)14-15-11(17)10(19-12(15)18)6-8-2-4-9(13)5-3-8/h2-6H,1H3,(H,14,16). The molecule has 0 radical (unpaired) electrons. The SMILES string of the molecule is CC(=O)NN1C(=O)C(=Cc2ccc(F)cc2)SC1=S. The molecule has 1 aromatic rings. The number of thiocarbonyl (C=S) groups is 1. The molecule has 1 aliphatic rings. The first-order valence-electron chi connectivity index (χ1n) is 5.28. The molecule has 1 heterocycles. The minimum atomic E-state index is -0.394. The van der Waals surface area contributed by atoms with Gasteiger partial charge < -0.3 is 0 Å². The van der Waals surface area contributed by atoms with Crippen LogP contribution in [-0.4, -0.2) is 21.1 Å². The van der Waals surface area contributed by atoms with Crippen molar-refractivity contribution in [3.05, 3.63) is 40.6 Å². The van der Waals surface area contributed by atoms with Gasteiger partial charge in [-0.3, -0.25) is 15.0 Å². The monoisotopic (exact) mass is 296 g/mol. The quantitative estimate of drug-likeness (QED) is 0.670. The van der Waals surface area contributed by atoms with Gasteiger partial charge in [-0.05, 0) is 36.0 Å². The Morgan fingerprint density at radius 1 is 1.42 bits per heavy atom. The maximum atomic E-state index is 12.8. The van der Waals surface area contributed by atoms with E-state index in [-0.39, 0.29) is 16.0 Å². The van der Waals surface area contributed by atoms with E-state index < -0.39 is 5.91 Å². The van der Waals surface area contributed by atoms with Crippen molar-refractivity contribution in [2.45, 2.75) is 6.92 Å². The molecule has 1 fully saturated rings. The van der Waals surface area contributed by atoms with Crippen LogP contribution in [0.5, 0.6) is 0 Å². The maximum absolute atomic E-state index is 12.8. The van der Waals surface area contributed by atoms with E-state index >= 15 is 0 Å². The number of carbonyl (C=O) groups is 2. The summed E-state index contributed by atoms with van der Waals surface area (Å²) in [7, 11) is 0. The van der Waals surface area contributed by atoms with Crippen LogP contribution in [0.25, 0.3) is 6.08 Å². The van der Waals surface area contributed by atoms with Gasteiger partial charge in [0.05, 0.1) is 4.91 Å². The van der Waals surface area contributed by atoms with Crippen molar-refractivity contribution >= 4 is 46.2 Å². The number of hydrogen-bond acceptors (Lipinski definition) is 4. The van der Waals surface area contributed by atoms with E-state index in [1.54, 1.807) is 18.2 Å². The molecule has 1 saturated heterocycles. The topological polar surface area (TPSA) is 49.4 Å². The summed E-state index contributed by atoms with van der Waals surface area (Å²) in [5, 5.41) is 1.03. The second kappa shape index (κ2) is 5.50. The van der Waals surface area contributed by atoms with Gasteiger partial charge in [-0.2, -0.15) is 5.01 Å². The summed E-state index contributed by atoms with van der Waals surface area (Å²) in [4.78, 5) is 23.3. The number of halogens is 1. The third-order valence-electron chi connectivity index (χ3n) is 2.23. The largest absolute Gasteiger partial charge is 0.285 e. The van der Waals surface area contributed by atoms with Crippen LogP contribution in [-0.2, 0) is 9.59 Å². The average Bonchev–Trinajstić information content (AvgIpc) is 2.60. The van der Waals surface area contributed by atoms with Crippen LogP contribution in [0, 0.1) is 5.82 Å². The summed E-state index contributed by atoms with van der Waals surface area (Å²) in [5.74, 6) is -1.11. The van der Waals surface area contributed by atoms with Gasteiger partial charge in [0.2, 0.25) is 5.91 Å². The number of carbonyl (C=O) groups excluding carboxylic acids is 2. The fraction of sp³-hybridized carbons (Fsp3) is 0.0833. The molecule has 0 aliphatic carbocycles. The number of nitrogens with zero attached hydrogens (tertiary/aromatic N) is 1. The van der Waals surface area contributed by atoms with Crippen molar-refractivity contribution < 1.29 is 14.0 Å². The average molecular weight is 296 g/mol. The molecule has 98 valence electrons. The normalized spacial score (nSPS) is 17.2. The van der Waals surface area contributed by atoms with Gasteiger partial charge >= 0.3 is 0 Å². The Balaban J connectivity index is 2.23. The Bertz CT molecular complexity index is 584. The molecule has 1 aliphatic heterocycles. The van der Waals surface area contributed by atoms with Crippen LogP contribution < -0.4 is 5.43 Å². The Morgan fingerprint density at radius 3 is 2.63 bits per heavy atom. The minimum Gasteiger partial charge on any atom is -0.274 e. The van der Waals surface area contributed by atoms with Gasteiger partial charge in [-0.1, -0.05) is 23.9 Å². The van der Waals surface area contributed by atoms with E-state index in [1.807, 2.05) is 0 Å². The number of thioether (sulfide) groups is 1. The van der Waals surface area contributed by atoms with E-state index in [0.29, 0.717) is 10.5 Å². The summed E-state index contributed by atoms with van der Waals surface area (Å²) in [6.07, 6.45) is 1.60. The first kappa shape index (κ1) is 13.7. The molecule has 0 unspecified atom stereocenters. The highest BCUT2D eigenvalue weighted by molar-refractivity contribution is 8.26. The van der Waals surface area contributed by atoms with Gasteiger partial charge in [0.15, 0.2) is 4.32 Å². The van der Waals surface area contributed by atoms with Crippen molar-refractivity contribution in [3.63, 3.8) is 0 Å². The Hall–Kier alpha value is -1.73. The van der Waals surface area contributed by atoms with E-state index in [9.17, 15) is 14.0 Å². The molecule has 19 heavy (non-hydrogen) atoms. The van der Waals surface area contributed by atoms with Crippen molar-refractivity contribution in [2.75, 3.05) is 0 Å². The number of amides is 2. The summed E-state index contributed by atoms with van der Waals surface area (Å²) < 4.78 is 13.0. The zero-order chi connectivity index (χ0) is 14.0. The molecular formula is C12H9FN2O2S2. The van der Waals surface area contributed by atoms with E-state index in [4.69, 9.17) is 12.2 Å². The Labute approximate surface area is 118 Å². The van der Waals surface area contributed by atoms with Crippen LogP contribution in [0.2, 0.25) is 0 Å². The fourth-order valence-electron chi connectivity index (χ4n) is 1.43. The highest BCUT2D eigenvalue weighted by Crippen LogP contribution is 2.31.